The molecule has 192 valence electrons. The zero-order chi connectivity index (χ0) is 25.1. The Morgan fingerprint density at radius 1 is 1.06 bits per heavy atom. The molecule has 7 nitrogen and oxygen atoms in total. The van der Waals surface area contributed by atoms with Crippen molar-refractivity contribution in [3.8, 4) is 0 Å². The monoisotopic (exact) mass is 490 g/mol. The number of carboxylic acids is 1. The first-order chi connectivity index (χ1) is 17.5. The van der Waals surface area contributed by atoms with Crippen LogP contribution in [-0.2, 0) is 22.6 Å². The van der Waals surface area contributed by atoms with Crippen LogP contribution < -0.4 is 11.1 Å². The summed E-state index contributed by atoms with van der Waals surface area (Å²) in [5.41, 5.74) is 11.0. The molecule has 5 aliphatic heterocycles. The van der Waals surface area contributed by atoms with Crippen LogP contribution in [0.5, 0.6) is 0 Å². The van der Waals surface area contributed by atoms with Crippen LogP contribution in [0.3, 0.4) is 0 Å². The number of anilines is 2. The summed E-state index contributed by atoms with van der Waals surface area (Å²) in [5.74, 6) is 0.643. The SMILES string of the molecule is Nc1cc2cnc1NCCCCCC1CCC(CC1)C(=O)N1CCc3ccc(cc3C1)C2CC(=O)O. The number of benzene rings is 1. The zero-order valence-electron chi connectivity index (χ0n) is 21.0. The van der Waals surface area contributed by atoms with Crippen molar-refractivity contribution in [2.75, 3.05) is 24.1 Å². The van der Waals surface area contributed by atoms with E-state index in [4.69, 9.17) is 5.73 Å². The predicted octanol–water partition coefficient (Wildman–Crippen LogP) is 4.95. The van der Waals surface area contributed by atoms with Crippen LogP contribution in [0.25, 0.3) is 0 Å². The van der Waals surface area contributed by atoms with Gasteiger partial charge in [0.2, 0.25) is 5.91 Å². The molecule has 7 bridgehead atoms. The van der Waals surface area contributed by atoms with E-state index in [1.807, 2.05) is 17.0 Å². The smallest absolute Gasteiger partial charge is 0.304 e. The van der Waals surface area contributed by atoms with Gasteiger partial charge in [-0.3, -0.25) is 9.59 Å². The lowest BCUT2D eigenvalue weighted by atomic mass is 9.79. The molecule has 0 spiro atoms. The molecule has 4 N–H and O–H groups in total. The third-order valence-corrected chi connectivity index (χ3v) is 8.45. The zero-order valence-corrected chi connectivity index (χ0v) is 21.0. The Morgan fingerprint density at radius 3 is 2.67 bits per heavy atom. The lowest BCUT2D eigenvalue weighted by molar-refractivity contribution is -0.138. The van der Waals surface area contributed by atoms with Gasteiger partial charge in [-0.2, -0.15) is 0 Å². The Labute approximate surface area is 213 Å². The van der Waals surface area contributed by atoms with Crippen molar-refractivity contribution < 1.29 is 14.7 Å². The standard InChI is InChI=1S/C29H38N4O3/c30-26-15-23-17-32-28(26)31-12-3-1-2-4-19-5-7-21(8-6-19)29(36)33-13-11-20-9-10-22(14-24(20)18-33)25(23)16-27(34)35/h9-10,14-15,17,19,21,25H,1-8,11-13,16,18,30H2,(H,31,32)(H,34,35). The first kappa shape index (κ1) is 24.6. The highest BCUT2D eigenvalue weighted by molar-refractivity contribution is 5.79. The second-order valence-corrected chi connectivity index (χ2v) is 10.9. The van der Waals surface area contributed by atoms with Gasteiger partial charge in [-0.15, -0.1) is 0 Å². The highest BCUT2D eigenvalue weighted by Gasteiger charge is 2.31. The normalized spacial score (nSPS) is 24.8. The molecule has 1 aliphatic carbocycles. The van der Waals surface area contributed by atoms with Gasteiger partial charge >= 0.3 is 5.97 Å². The first-order valence-corrected chi connectivity index (χ1v) is 13.6. The Bertz CT molecular complexity index is 1110. The van der Waals surface area contributed by atoms with E-state index in [0.717, 1.165) is 80.6 Å². The number of nitrogens with zero attached hydrogens (tertiary/aromatic N) is 2. The number of nitrogens with two attached hydrogens (primary N) is 1. The van der Waals surface area contributed by atoms with Crippen LogP contribution in [-0.4, -0.2) is 40.0 Å². The highest BCUT2D eigenvalue weighted by Crippen LogP contribution is 2.36. The molecule has 36 heavy (non-hydrogen) atoms. The number of amides is 1. The predicted molar refractivity (Wildman–Crippen MR) is 141 cm³/mol. The molecule has 1 unspecified atom stereocenters. The van der Waals surface area contributed by atoms with Crippen molar-refractivity contribution in [1.29, 1.82) is 0 Å². The van der Waals surface area contributed by atoms with Crippen molar-refractivity contribution in [3.63, 3.8) is 0 Å². The second-order valence-electron chi connectivity index (χ2n) is 10.9. The van der Waals surface area contributed by atoms with Crippen molar-refractivity contribution in [2.24, 2.45) is 11.8 Å². The quantitative estimate of drug-likeness (QED) is 0.550. The number of nitrogens with one attached hydrogen (secondary N) is 1. The molecule has 1 amide bonds. The van der Waals surface area contributed by atoms with Gasteiger partial charge in [0.05, 0.1) is 12.1 Å². The van der Waals surface area contributed by atoms with Gasteiger partial charge in [-0.25, -0.2) is 4.98 Å². The third-order valence-electron chi connectivity index (χ3n) is 8.45. The fourth-order valence-electron chi connectivity index (χ4n) is 6.32. The summed E-state index contributed by atoms with van der Waals surface area (Å²) in [4.78, 5) is 31.8. The van der Waals surface area contributed by atoms with Crippen LogP contribution in [0.1, 0.15) is 86.0 Å². The van der Waals surface area contributed by atoms with Gasteiger partial charge in [0.15, 0.2) is 0 Å². The van der Waals surface area contributed by atoms with E-state index in [-0.39, 0.29) is 18.3 Å². The molecule has 6 heterocycles. The Morgan fingerprint density at radius 2 is 1.89 bits per heavy atom. The lowest BCUT2D eigenvalue weighted by Crippen LogP contribution is -2.41. The molecule has 1 atom stereocenters. The van der Waals surface area contributed by atoms with Crippen LogP contribution >= 0.6 is 0 Å². The number of hydrogen-bond donors (Lipinski definition) is 3. The summed E-state index contributed by atoms with van der Waals surface area (Å²) >= 11 is 0. The molecule has 0 saturated heterocycles. The number of carbonyl (C=O) groups excluding carboxylic acids is 1. The minimum Gasteiger partial charge on any atom is -0.481 e. The highest BCUT2D eigenvalue weighted by atomic mass is 16.4. The molecule has 1 aromatic carbocycles. The molecule has 7 heteroatoms. The molecule has 6 aliphatic rings. The van der Waals surface area contributed by atoms with Gasteiger partial charge < -0.3 is 21.1 Å². The van der Waals surface area contributed by atoms with Gasteiger partial charge in [-0.05, 0) is 72.8 Å². The molecular formula is C29H38N4O3. The maximum Gasteiger partial charge on any atom is 0.304 e. The van der Waals surface area contributed by atoms with E-state index in [9.17, 15) is 14.7 Å². The van der Waals surface area contributed by atoms with E-state index in [0.29, 0.717) is 24.0 Å². The summed E-state index contributed by atoms with van der Waals surface area (Å²) in [6.45, 7) is 2.18. The van der Waals surface area contributed by atoms with Crippen molar-refractivity contribution >= 4 is 23.4 Å². The van der Waals surface area contributed by atoms with E-state index in [1.54, 1.807) is 6.20 Å². The topological polar surface area (TPSA) is 109 Å². The van der Waals surface area contributed by atoms with E-state index in [2.05, 4.69) is 22.4 Å². The Kier molecular flexibility index (Phi) is 7.44. The summed E-state index contributed by atoms with van der Waals surface area (Å²) in [7, 11) is 0. The maximum atomic E-state index is 13.4. The van der Waals surface area contributed by atoms with Gasteiger partial charge in [0.1, 0.15) is 5.82 Å². The van der Waals surface area contributed by atoms with Crippen LogP contribution in [0, 0.1) is 11.8 Å². The minimum atomic E-state index is -0.864. The molecule has 1 saturated carbocycles. The molecule has 0 radical (unpaired) electrons. The van der Waals surface area contributed by atoms with Crippen LogP contribution in [0.4, 0.5) is 11.5 Å². The van der Waals surface area contributed by atoms with Crippen molar-refractivity contribution in [1.82, 2.24) is 9.88 Å². The average molecular weight is 491 g/mol. The second kappa shape index (κ2) is 10.9. The molecular weight excluding hydrogens is 452 g/mol. The molecule has 8 rings (SSSR count). The summed E-state index contributed by atoms with van der Waals surface area (Å²) in [5, 5.41) is 13.0. The lowest BCUT2D eigenvalue weighted by Gasteiger charge is -2.35. The number of pyridine rings is 1. The van der Waals surface area contributed by atoms with E-state index in [1.165, 1.54) is 18.4 Å². The number of aliphatic carboxylic acids is 1. The number of aromatic nitrogens is 1. The van der Waals surface area contributed by atoms with Crippen LogP contribution in [0.2, 0.25) is 0 Å². The first-order valence-electron chi connectivity index (χ1n) is 13.6. The van der Waals surface area contributed by atoms with Gasteiger partial charge in [0, 0.05) is 37.7 Å². The molecule has 2 aromatic rings. The molecule has 1 aromatic heterocycles. The minimum absolute atomic E-state index is 0.0431. The van der Waals surface area contributed by atoms with Crippen LogP contribution in [0.15, 0.2) is 30.5 Å². The number of hydrogen-bond acceptors (Lipinski definition) is 5. The van der Waals surface area contributed by atoms with Crippen molar-refractivity contribution in [3.05, 3.63) is 52.7 Å². The largest absolute Gasteiger partial charge is 0.481 e. The van der Waals surface area contributed by atoms with Gasteiger partial charge in [-0.1, -0.05) is 37.5 Å². The fraction of sp³-hybridized carbons (Fsp3) is 0.552. The van der Waals surface area contributed by atoms with E-state index >= 15 is 0 Å². The number of carbonyl (C=O) groups is 2. The molecule has 1 fully saturated rings. The number of carboxylic acid groups (broad SMARTS) is 1. The van der Waals surface area contributed by atoms with E-state index < -0.39 is 5.97 Å². The van der Waals surface area contributed by atoms with Gasteiger partial charge in [0.25, 0.3) is 0 Å². The summed E-state index contributed by atoms with van der Waals surface area (Å²) in [6, 6.07) is 8.10. The number of rotatable bonds is 2. The fourth-order valence-corrected chi connectivity index (χ4v) is 6.32. The Balaban J connectivity index is 1.46. The average Bonchev–Trinajstić information content (AvgIpc) is 2.88. The number of nitrogen functional groups attached to an aromatic ring is 1. The maximum absolute atomic E-state index is 13.4. The summed E-state index contributed by atoms with van der Waals surface area (Å²) in [6.07, 6.45) is 11.6. The third kappa shape index (κ3) is 5.50. The van der Waals surface area contributed by atoms with Crippen molar-refractivity contribution in [2.45, 2.75) is 76.7 Å². The summed E-state index contributed by atoms with van der Waals surface area (Å²) < 4.78 is 0. The Hall–Kier alpha value is -3.09.